The maximum absolute atomic E-state index is 7.07. The van der Waals surface area contributed by atoms with E-state index in [9.17, 15) is 0 Å². The zero-order valence-corrected chi connectivity index (χ0v) is 42.7. The number of rotatable bonds is 2. The minimum absolute atomic E-state index is 0.00468. The summed E-state index contributed by atoms with van der Waals surface area (Å²) in [6, 6.07) is 48.8. The standard InChI is InChI=1S/C64H62BN3O2/c1-60(2,3)37-25-28-48-45(32-37)63(10)29-16-17-30-64(63,11)68(48)40-26-27-46-50(36-40)66(49-22-18-21-42-41-19-12-14-23-53(41)69-58(42)49)51-34-39(62(7,8)9)35-52-56(51)65(46)47-33-38(61(4,5)6)31-44-55-43-20-13-15-24-54(43)70-59(55)67(52)57(44)47/h12-15,18-28,31-36H,16-17,29-30H2,1-11H3. The molecule has 10 aromatic rings. The Kier molecular flexibility index (Phi) is 8.21. The quantitative estimate of drug-likeness (QED) is 0.162. The SMILES string of the molecule is CC(C)(C)c1cc2c3c(c1)-n1c4oc5ccccc5c4c4cc(C(C)(C)C)cc(c41)B3c1ccc(N3c4ccc(C(C)(C)C)cc4C4(C)CCCCC34C)cc1N2c1cccc2c1oc1ccccc12. The van der Waals surface area contributed by atoms with Gasteiger partial charge < -0.3 is 18.6 Å². The molecule has 0 N–H and O–H groups in total. The zero-order valence-electron chi connectivity index (χ0n) is 42.7. The first-order valence-corrected chi connectivity index (χ1v) is 25.8. The van der Waals surface area contributed by atoms with Gasteiger partial charge in [0.15, 0.2) is 5.58 Å². The van der Waals surface area contributed by atoms with Gasteiger partial charge in [-0.3, -0.25) is 4.57 Å². The lowest BCUT2D eigenvalue weighted by Crippen LogP contribution is -2.61. The number of fused-ring (bicyclic) bond motifs is 15. The molecule has 3 aromatic heterocycles. The van der Waals surface area contributed by atoms with Crippen molar-refractivity contribution in [2.75, 3.05) is 9.80 Å². The van der Waals surface area contributed by atoms with Crippen molar-refractivity contribution >= 4 is 106 Å². The van der Waals surface area contributed by atoms with Gasteiger partial charge in [-0.15, -0.1) is 0 Å². The van der Waals surface area contributed by atoms with E-state index in [4.69, 9.17) is 8.83 Å². The monoisotopic (exact) mass is 915 g/mol. The molecule has 6 heteroatoms. The number of furan rings is 2. The molecule has 1 aliphatic carbocycles. The van der Waals surface area contributed by atoms with Gasteiger partial charge in [0, 0.05) is 55.4 Å². The molecule has 4 aliphatic rings. The van der Waals surface area contributed by atoms with Crippen molar-refractivity contribution in [1.82, 2.24) is 4.57 Å². The Morgan fingerprint density at radius 1 is 0.514 bits per heavy atom. The van der Waals surface area contributed by atoms with Crippen molar-refractivity contribution in [3.05, 3.63) is 150 Å². The first-order chi connectivity index (χ1) is 33.3. The Balaban J connectivity index is 1.13. The van der Waals surface area contributed by atoms with E-state index in [2.05, 4.69) is 218 Å². The molecule has 7 aromatic carbocycles. The lowest BCUT2D eigenvalue weighted by Gasteiger charge is -2.50. The highest BCUT2D eigenvalue weighted by atomic mass is 16.3. The smallest absolute Gasteiger partial charge is 0.252 e. The average molecular weight is 916 g/mol. The second kappa shape index (κ2) is 13.6. The van der Waals surface area contributed by atoms with Crippen LogP contribution in [0.2, 0.25) is 0 Å². The molecule has 70 heavy (non-hydrogen) atoms. The van der Waals surface area contributed by atoms with Gasteiger partial charge >= 0.3 is 0 Å². The maximum Gasteiger partial charge on any atom is 0.252 e. The van der Waals surface area contributed by atoms with Gasteiger partial charge in [-0.2, -0.15) is 0 Å². The summed E-state index contributed by atoms with van der Waals surface area (Å²) in [5.41, 5.74) is 21.2. The van der Waals surface area contributed by atoms with E-state index in [-0.39, 0.29) is 33.9 Å². The lowest BCUT2D eigenvalue weighted by atomic mass is 9.33. The second-order valence-corrected chi connectivity index (χ2v) is 24.9. The van der Waals surface area contributed by atoms with Gasteiger partial charge in [0.05, 0.1) is 22.1 Å². The first kappa shape index (κ1) is 42.2. The van der Waals surface area contributed by atoms with E-state index >= 15 is 0 Å². The van der Waals surface area contributed by atoms with Crippen LogP contribution in [0.15, 0.2) is 136 Å². The Morgan fingerprint density at radius 2 is 1.19 bits per heavy atom. The minimum atomic E-state index is -0.166. The van der Waals surface area contributed by atoms with Crippen LogP contribution in [0.4, 0.5) is 28.4 Å². The summed E-state index contributed by atoms with van der Waals surface area (Å²) in [6.45, 7) is 26.3. The van der Waals surface area contributed by atoms with Crippen LogP contribution in [0.5, 0.6) is 0 Å². The summed E-state index contributed by atoms with van der Waals surface area (Å²) in [5.74, 6) is 0. The van der Waals surface area contributed by atoms with Crippen LogP contribution >= 0.6 is 0 Å². The highest BCUT2D eigenvalue weighted by Gasteiger charge is 2.58. The van der Waals surface area contributed by atoms with E-state index in [0.717, 1.165) is 50.7 Å². The normalized spacial score (nSPS) is 19.7. The summed E-state index contributed by atoms with van der Waals surface area (Å²) < 4.78 is 16.6. The first-order valence-electron chi connectivity index (χ1n) is 25.8. The summed E-state index contributed by atoms with van der Waals surface area (Å²) in [7, 11) is 0. The number of para-hydroxylation sites is 3. The molecule has 3 aliphatic heterocycles. The number of nitrogens with zero attached hydrogens (tertiary/aromatic N) is 3. The molecule has 0 amide bonds. The van der Waals surface area contributed by atoms with Crippen LogP contribution in [0.1, 0.15) is 124 Å². The molecule has 2 atom stereocenters. The highest BCUT2D eigenvalue weighted by molar-refractivity contribution is 7.00. The van der Waals surface area contributed by atoms with Crippen molar-refractivity contribution in [2.24, 2.45) is 0 Å². The number of hydrogen-bond acceptors (Lipinski definition) is 4. The third kappa shape index (κ3) is 5.40. The van der Waals surface area contributed by atoms with E-state index in [0.29, 0.717) is 0 Å². The molecule has 2 unspecified atom stereocenters. The minimum Gasteiger partial charge on any atom is -0.454 e. The molecule has 0 saturated heterocycles. The molecular formula is C64H62BN3O2. The molecule has 0 bridgehead atoms. The Hall–Kier alpha value is -6.66. The zero-order chi connectivity index (χ0) is 48.2. The number of aromatic nitrogens is 1. The fourth-order valence-corrected chi connectivity index (χ4v) is 13.7. The summed E-state index contributed by atoms with van der Waals surface area (Å²) >= 11 is 0. The van der Waals surface area contributed by atoms with E-state index in [1.165, 1.54) is 103 Å². The number of benzene rings is 7. The Bertz CT molecular complexity index is 3920. The third-order valence-corrected chi connectivity index (χ3v) is 17.8. The summed E-state index contributed by atoms with van der Waals surface area (Å²) in [5, 5.41) is 5.87. The molecule has 0 spiro atoms. The molecule has 348 valence electrons. The van der Waals surface area contributed by atoms with E-state index < -0.39 is 0 Å². The van der Waals surface area contributed by atoms with Gasteiger partial charge in [-0.25, -0.2) is 0 Å². The second-order valence-electron chi connectivity index (χ2n) is 24.9. The predicted octanol–water partition coefficient (Wildman–Crippen LogP) is 15.7. The van der Waals surface area contributed by atoms with Crippen molar-refractivity contribution in [3.8, 4) is 5.69 Å². The van der Waals surface area contributed by atoms with Gasteiger partial charge in [0.1, 0.15) is 11.2 Å². The van der Waals surface area contributed by atoms with Crippen LogP contribution in [0, 0.1) is 0 Å². The van der Waals surface area contributed by atoms with Crippen LogP contribution in [0.25, 0.3) is 60.6 Å². The van der Waals surface area contributed by atoms with Crippen LogP contribution in [0.3, 0.4) is 0 Å². The number of anilines is 5. The molecular weight excluding hydrogens is 854 g/mol. The van der Waals surface area contributed by atoms with Gasteiger partial charge in [-0.05, 0) is 129 Å². The summed E-state index contributed by atoms with van der Waals surface area (Å²) in [6.07, 6.45) is 4.78. The molecule has 1 saturated carbocycles. The predicted molar refractivity (Wildman–Crippen MR) is 296 cm³/mol. The molecule has 14 rings (SSSR count). The lowest BCUT2D eigenvalue weighted by molar-refractivity contribution is 0.195. The van der Waals surface area contributed by atoms with Crippen LogP contribution in [-0.4, -0.2) is 16.8 Å². The van der Waals surface area contributed by atoms with Crippen molar-refractivity contribution in [2.45, 2.75) is 129 Å². The topological polar surface area (TPSA) is 37.7 Å². The molecule has 6 heterocycles. The number of hydrogen-bond donors (Lipinski definition) is 0. The van der Waals surface area contributed by atoms with Crippen molar-refractivity contribution in [3.63, 3.8) is 0 Å². The van der Waals surface area contributed by atoms with Crippen molar-refractivity contribution < 1.29 is 8.83 Å². The van der Waals surface area contributed by atoms with Gasteiger partial charge in [0.25, 0.3) is 6.71 Å². The van der Waals surface area contributed by atoms with E-state index in [1.807, 2.05) is 0 Å². The third-order valence-electron chi connectivity index (χ3n) is 17.8. The van der Waals surface area contributed by atoms with Crippen LogP contribution < -0.4 is 26.2 Å². The van der Waals surface area contributed by atoms with Crippen molar-refractivity contribution in [1.29, 1.82) is 0 Å². The van der Waals surface area contributed by atoms with Gasteiger partial charge in [0.2, 0.25) is 5.71 Å². The van der Waals surface area contributed by atoms with Gasteiger partial charge in [-0.1, -0.05) is 155 Å². The van der Waals surface area contributed by atoms with E-state index in [1.54, 1.807) is 0 Å². The molecule has 1 fully saturated rings. The fraction of sp³-hybridized carbons (Fsp3) is 0.312. The summed E-state index contributed by atoms with van der Waals surface area (Å²) in [4.78, 5) is 5.36. The fourth-order valence-electron chi connectivity index (χ4n) is 13.7. The Morgan fingerprint density at radius 3 is 1.94 bits per heavy atom. The average Bonchev–Trinajstić information content (AvgIpc) is 4.04. The Labute approximate surface area is 412 Å². The maximum atomic E-state index is 7.07. The molecule has 5 nitrogen and oxygen atoms in total. The molecule has 0 radical (unpaired) electrons. The largest absolute Gasteiger partial charge is 0.454 e. The van der Waals surface area contributed by atoms with Crippen LogP contribution in [-0.2, 0) is 21.7 Å². The highest BCUT2D eigenvalue weighted by Crippen LogP contribution is 2.62.